The largest absolute Gasteiger partial charge is 0.496 e. The molecule has 0 radical (unpaired) electrons. The van der Waals surface area contributed by atoms with Crippen molar-refractivity contribution in [2.45, 2.75) is 19.5 Å². The zero-order valence-electron chi connectivity index (χ0n) is 12.4. The van der Waals surface area contributed by atoms with E-state index in [2.05, 4.69) is 10.1 Å². The van der Waals surface area contributed by atoms with Gasteiger partial charge in [-0.05, 0) is 19.1 Å². The Labute approximate surface area is 123 Å². The van der Waals surface area contributed by atoms with Gasteiger partial charge < -0.3 is 19.2 Å². The number of methoxy groups -OCH3 is 2. The first-order valence-electron chi connectivity index (χ1n) is 6.67. The number of nitrogens with one attached hydrogen (secondary N) is 1. The van der Waals surface area contributed by atoms with Gasteiger partial charge in [0.25, 0.3) is 0 Å². The summed E-state index contributed by atoms with van der Waals surface area (Å²) >= 11 is 0. The first-order valence-corrected chi connectivity index (χ1v) is 6.67. The number of para-hydroxylation sites is 1. The number of carbonyl (C=O) groups excluding carboxylic acids is 1. The van der Waals surface area contributed by atoms with Gasteiger partial charge in [-0.1, -0.05) is 18.2 Å². The highest BCUT2D eigenvalue weighted by molar-refractivity contribution is 5.88. The van der Waals surface area contributed by atoms with Gasteiger partial charge in [0.1, 0.15) is 17.8 Å². The maximum Gasteiger partial charge on any atom is 0.341 e. The van der Waals surface area contributed by atoms with Crippen molar-refractivity contribution in [3.8, 4) is 5.75 Å². The summed E-state index contributed by atoms with van der Waals surface area (Å²) in [4.78, 5) is 11.4. The molecule has 1 atom stereocenters. The van der Waals surface area contributed by atoms with Crippen molar-refractivity contribution in [2.75, 3.05) is 14.2 Å². The maximum atomic E-state index is 11.4. The third-order valence-electron chi connectivity index (χ3n) is 3.26. The molecule has 0 aliphatic heterocycles. The lowest BCUT2D eigenvalue weighted by Gasteiger charge is -2.16. The fourth-order valence-electron chi connectivity index (χ4n) is 2.09. The minimum absolute atomic E-state index is 0.0906. The molecule has 0 saturated carbocycles. The number of benzene rings is 1. The van der Waals surface area contributed by atoms with E-state index in [9.17, 15) is 4.79 Å². The van der Waals surface area contributed by atoms with Crippen LogP contribution < -0.4 is 10.1 Å². The lowest BCUT2D eigenvalue weighted by Crippen LogP contribution is -2.18. The van der Waals surface area contributed by atoms with E-state index < -0.39 is 5.97 Å². The van der Waals surface area contributed by atoms with Crippen molar-refractivity contribution in [3.63, 3.8) is 0 Å². The van der Waals surface area contributed by atoms with Crippen LogP contribution in [0.15, 0.2) is 41.0 Å². The number of hydrogen-bond acceptors (Lipinski definition) is 5. The van der Waals surface area contributed by atoms with E-state index in [0.29, 0.717) is 17.9 Å². The second-order valence-electron chi connectivity index (χ2n) is 4.64. The number of rotatable bonds is 6. The number of carbonyl (C=O) groups is 1. The first-order chi connectivity index (χ1) is 10.2. The Hall–Kier alpha value is -2.27. The Morgan fingerprint density at radius 2 is 2.10 bits per heavy atom. The monoisotopic (exact) mass is 289 g/mol. The summed E-state index contributed by atoms with van der Waals surface area (Å²) in [5.41, 5.74) is 1.49. The van der Waals surface area contributed by atoms with Gasteiger partial charge in [-0.15, -0.1) is 0 Å². The highest BCUT2D eigenvalue weighted by atomic mass is 16.5. The summed E-state index contributed by atoms with van der Waals surface area (Å²) in [5.74, 6) is 1.12. The molecule has 1 aromatic heterocycles. The standard InChI is InChI=1S/C16H19NO4/c1-11(14-6-4-5-7-15(14)19-2)17-9-13-8-12(10-21-13)16(18)20-3/h4-8,10-11,17H,9H2,1-3H3/t11-/m1/s1. The molecule has 0 amide bonds. The van der Waals surface area contributed by atoms with Crippen molar-refractivity contribution >= 4 is 5.97 Å². The molecular formula is C16H19NO4. The van der Waals surface area contributed by atoms with Gasteiger partial charge in [0, 0.05) is 11.6 Å². The second kappa shape index (κ2) is 6.95. The average molecular weight is 289 g/mol. The van der Waals surface area contributed by atoms with Gasteiger partial charge in [0.05, 0.1) is 26.3 Å². The first kappa shape index (κ1) is 15.1. The molecule has 21 heavy (non-hydrogen) atoms. The van der Waals surface area contributed by atoms with Crippen molar-refractivity contribution in [1.29, 1.82) is 0 Å². The SMILES string of the molecule is COC(=O)c1coc(CN[C@H](C)c2ccccc2OC)c1. The van der Waals surface area contributed by atoms with Gasteiger partial charge in [0.15, 0.2) is 0 Å². The number of furan rings is 1. The molecule has 0 aliphatic carbocycles. The Kier molecular flexibility index (Phi) is 5.00. The smallest absolute Gasteiger partial charge is 0.341 e. The van der Waals surface area contributed by atoms with Crippen LogP contribution in [0.1, 0.15) is 34.6 Å². The molecule has 1 heterocycles. The minimum atomic E-state index is -0.400. The molecule has 2 rings (SSSR count). The summed E-state index contributed by atoms with van der Waals surface area (Å²) in [5, 5.41) is 3.33. The van der Waals surface area contributed by atoms with Crippen LogP contribution in [0.25, 0.3) is 0 Å². The molecule has 0 saturated heterocycles. The Morgan fingerprint density at radius 1 is 1.33 bits per heavy atom. The quantitative estimate of drug-likeness (QED) is 0.828. The number of esters is 1. The molecular weight excluding hydrogens is 270 g/mol. The average Bonchev–Trinajstić information content (AvgIpc) is 3.00. The Balaban J connectivity index is 1.99. The molecule has 112 valence electrons. The van der Waals surface area contributed by atoms with Crippen LogP contribution in [-0.2, 0) is 11.3 Å². The van der Waals surface area contributed by atoms with Crippen molar-refractivity contribution in [3.05, 3.63) is 53.5 Å². The number of ether oxygens (including phenoxy) is 2. The molecule has 2 aromatic rings. The van der Waals surface area contributed by atoms with Gasteiger partial charge in [-0.3, -0.25) is 0 Å². The summed E-state index contributed by atoms with van der Waals surface area (Å²) in [7, 11) is 3.00. The summed E-state index contributed by atoms with van der Waals surface area (Å²) in [6.45, 7) is 2.55. The number of hydrogen-bond donors (Lipinski definition) is 1. The van der Waals surface area contributed by atoms with Crippen LogP contribution in [0.5, 0.6) is 5.75 Å². The van der Waals surface area contributed by atoms with Crippen LogP contribution in [0, 0.1) is 0 Å². The van der Waals surface area contributed by atoms with E-state index in [1.807, 2.05) is 31.2 Å². The normalized spacial score (nSPS) is 12.0. The molecule has 5 nitrogen and oxygen atoms in total. The van der Waals surface area contributed by atoms with Crippen molar-refractivity contribution < 1.29 is 18.7 Å². The Bertz CT molecular complexity index is 606. The fraction of sp³-hybridized carbons (Fsp3) is 0.312. The van der Waals surface area contributed by atoms with Gasteiger partial charge in [-0.2, -0.15) is 0 Å². The summed E-state index contributed by atoms with van der Waals surface area (Å²) in [6.07, 6.45) is 1.40. The molecule has 0 spiro atoms. The lowest BCUT2D eigenvalue weighted by atomic mass is 10.1. The molecule has 0 fully saturated rings. The minimum Gasteiger partial charge on any atom is -0.496 e. The summed E-state index contributed by atoms with van der Waals surface area (Å²) < 4.78 is 15.3. The molecule has 1 aromatic carbocycles. The van der Waals surface area contributed by atoms with Crippen molar-refractivity contribution in [1.82, 2.24) is 5.32 Å². The Morgan fingerprint density at radius 3 is 2.81 bits per heavy atom. The van der Waals surface area contributed by atoms with E-state index in [1.54, 1.807) is 13.2 Å². The fourth-order valence-corrected chi connectivity index (χ4v) is 2.09. The maximum absolute atomic E-state index is 11.4. The van der Waals surface area contributed by atoms with Crippen LogP contribution in [0.3, 0.4) is 0 Å². The van der Waals surface area contributed by atoms with E-state index in [4.69, 9.17) is 9.15 Å². The topological polar surface area (TPSA) is 60.7 Å². The molecule has 0 unspecified atom stereocenters. The van der Waals surface area contributed by atoms with Crippen LogP contribution in [0.2, 0.25) is 0 Å². The molecule has 0 bridgehead atoms. The van der Waals surface area contributed by atoms with Crippen molar-refractivity contribution in [2.24, 2.45) is 0 Å². The second-order valence-corrected chi connectivity index (χ2v) is 4.64. The van der Waals surface area contributed by atoms with E-state index in [0.717, 1.165) is 11.3 Å². The third kappa shape index (κ3) is 3.64. The highest BCUT2D eigenvalue weighted by Gasteiger charge is 2.13. The zero-order valence-corrected chi connectivity index (χ0v) is 12.4. The molecule has 1 N–H and O–H groups in total. The van der Waals surface area contributed by atoms with Crippen LogP contribution in [-0.4, -0.2) is 20.2 Å². The van der Waals surface area contributed by atoms with Gasteiger partial charge >= 0.3 is 5.97 Å². The van der Waals surface area contributed by atoms with E-state index in [-0.39, 0.29) is 6.04 Å². The van der Waals surface area contributed by atoms with E-state index >= 15 is 0 Å². The van der Waals surface area contributed by atoms with Crippen LogP contribution in [0.4, 0.5) is 0 Å². The summed E-state index contributed by atoms with van der Waals surface area (Å²) in [6, 6.07) is 9.61. The lowest BCUT2D eigenvalue weighted by molar-refractivity contribution is 0.0600. The van der Waals surface area contributed by atoms with Gasteiger partial charge in [0.2, 0.25) is 0 Å². The predicted octanol–water partition coefficient (Wildman–Crippen LogP) is 2.93. The zero-order chi connectivity index (χ0) is 15.2. The molecule has 0 aliphatic rings. The van der Waals surface area contributed by atoms with E-state index in [1.165, 1.54) is 13.4 Å². The van der Waals surface area contributed by atoms with Gasteiger partial charge in [-0.25, -0.2) is 4.79 Å². The third-order valence-corrected chi connectivity index (χ3v) is 3.26. The molecule has 5 heteroatoms. The predicted molar refractivity (Wildman–Crippen MR) is 78.3 cm³/mol. The highest BCUT2D eigenvalue weighted by Crippen LogP contribution is 2.24. The van der Waals surface area contributed by atoms with Crippen LogP contribution >= 0.6 is 0 Å².